The molecule has 6 aromatic rings. The molecule has 1 atom stereocenters. The third kappa shape index (κ3) is 4.02. The number of fused-ring (bicyclic) bond motifs is 7. The first-order valence-electron chi connectivity index (χ1n) is 17.3. The van der Waals surface area contributed by atoms with Crippen LogP contribution in [0.2, 0.25) is 0 Å². The number of nitrogens with zero attached hydrogens (tertiary/aromatic N) is 2. The lowest BCUT2D eigenvalue weighted by molar-refractivity contribution is 0.641. The number of rotatable bonds is 3. The second kappa shape index (κ2) is 10.3. The maximum atomic E-state index is 5.18. The summed E-state index contributed by atoms with van der Waals surface area (Å²) in [6.45, 7) is 4.74. The summed E-state index contributed by atoms with van der Waals surface area (Å²) in [6, 6.07) is 39.5. The normalized spacial score (nSPS) is 20.4. The first-order valence-corrected chi connectivity index (χ1v) is 17.3. The minimum absolute atomic E-state index is 0.0194. The van der Waals surface area contributed by atoms with Gasteiger partial charge < -0.3 is 5.32 Å². The fourth-order valence-corrected chi connectivity index (χ4v) is 8.84. The molecule has 10 rings (SSSR count). The van der Waals surface area contributed by atoms with Gasteiger partial charge in [-0.05, 0) is 69.3 Å². The molecule has 49 heavy (non-hydrogen) atoms. The highest BCUT2D eigenvalue weighted by molar-refractivity contribution is 6.16. The van der Waals surface area contributed by atoms with Gasteiger partial charge >= 0.3 is 0 Å². The van der Waals surface area contributed by atoms with E-state index in [9.17, 15) is 0 Å². The van der Waals surface area contributed by atoms with Crippen LogP contribution in [0.4, 0.5) is 0 Å². The summed E-state index contributed by atoms with van der Waals surface area (Å²) >= 11 is 0. The standard InChI is InChI=1S/C46H35N3/c1-45(2)38-15-7-5-13-34(38)35-24-21-31(27-40(35)45)43-39-16-9-10-26-46(39,48-28-47-43)32-22-18-30(19-23-32)42-36-14-6-8-17-41(36)49-44-33-12-4-3-11-29(33)20-25-37(42)44/h3-20,22-23,25-28H,21,24H2,1-2H3,(H,47,48). The predicted octanol–water partition coefficient (Wildman–Crippen LogP) is 10.9. The van der Waals surface area contributed by atoms with Crippen LogP contribution in [0.5, 0.6) is 0 Å². The van der Waals surface area contributed by atoms with Gasteiger partial charge in [0.1, 0.15) is 5.54 Å². The molecule has 0 bridgehead atoms. The zero-order valence-electron chi connectivity index (χ0n) is 27.7. The molecule has 0 fully saturated rings. The topological polar surface area (TPSA) is 37.3 Å². The molecule has 3 aliphatic carbocycles. The molecular weight excluding hydrogens is 595 g/mol. The van der Waals surface area contributed by atoms with Crippen molar-refractivity contribution in [2.75, 3.05) is 0 Å². The van der Waals surface area contributed by atoms with Crippen molar-refractivity contribution < 1.29 is 0 Å². The van der Waals surface area contributed by atoms with Crippen LogP contribution in [0.25, 0.3) is 49.3 Å². The van der Waals surface area contributed by atoms with E-state index >= 15 is 0 Å². The Balaban J connectivity index is 1.10. The summed E-state index contributed by atoms with van der Waals surface area (Å²) in [5.74, 6) is 0. The van der Waals surface area contributed by atoms with Crippen molar-refractivity contribution in [3.8, 4) is 11.1 Å². The quantitative estimate of drug-likeness (QED) is 0.156. The number of para-hydroxylation sites is 1. The minimum atomic E-state index is -0.601. The van der Waals surface area contributed by atoms with E-state index in [1.54, 1.807) is 0 Å². The minimum Gasteiger partial charge on any atom is -0.346 e. The summed E-state index contributed by atoms with van der Waals surface area (Å²) in [5, 5.41) is 8.32. The molecule has 0 amide bonds. The molecule has 1 aliphatic heterocycles. The van der Waals surface area contributed by atoms with Crippen molar-refractivity contribution in [2.45, 2.75) is 37.6 Å². The van der Waals surface area contributed by atoms with E-state index in [1.807, 2.05) is 6.34 Å². The number of nitrogens with one attached hydrogen (secondary N) is 1. The predicted molar refractivity (Wildman–Crippen MR) is 205 cm³/mol. The van der Waals surface area contributed by atoms with E-state index < -0.39 is 5.54 Å². The molecule has 0 radical (unpaired) electrons. The Morgan fingerprint density at radius 1 is 0.694 bits per heavy atom. The van der Waals surface area contributed by atoms with E-state index in [4.69, 9.17) is 9.98 Å². The lowest BCUT2D eigenvalue weighted by atomic mass is 9.75. The lowest BCUT2D eigenvalue weighted by Gasteiger charge is -2.37. The molecule has 0 saturated heterocycles. The van der Waals surface area contributed by atoms with Gasteiger partial charge in [-0.3, -0.25) is 4.99 Å². The second-order valence-electron chi connectivity index (χ2n) is 14.2. The fourth-order valence-electron chi connectivity index (χ4n) is 8.84. The van der Waals surface area contributed by atoms with Crippen LogP contribution >= 0.6 is 0 Å². The summed E-state index contributed by atoms with van der Waals surface area (Å²) in [5.41, 5.74) is 14.5. The van der Waals surface area contributed by atoms with Crippen molar-refractivity contribution in [1.82, 2.24) is 10.3 Å². The third-order valence-corrected chi connectivity index (χ3v) is 11.3. The highest BCUT2D eigenvalue weighted by atomic mass is 15.0. The van der Waals surface area contributed by atoms with Gasteiger partial charge in [0.05, 0.1) is 17.4 Å². The van der Waals surface area contributed by atoms with Crippen LogP contribution in [0, 0.1) is 0 Å². The summed E-state index contributed by atoms with van der Waals surface area (Å²) in [4.78, 5) is 10.4. The number of hydrogen-bond acceptors (Lipinski definition) is 3. The van der Waals surface area contributed by atoms with Crippen molar-refractivity contribution >= 4 is 44.5 Å². The van der Waals surface area contributed by atoms with Gasteiger partial charge in [0.25, 0.3) is 0 Å². The Morgan fingerprint density at radius 2 is 1.49 bits per heavy atom. The Hall–Kier alpha value is -5.80. The zero-order valence-corrected chi connectivity index (χ0v) is 27.7. The smallest absolute Gasteiger partial charge is 0.133 e. The maximum absolute atomic E-state index is 5.18. The van der Waals surface area contributed by atoms with Crippen LogP contribution in [0.3, 0.4) is 0 Å². The summed E-state index contributed by atoms with van der Waals surface area (Å²) in [6.07, 6.45) is 15.2. The molecule has 3 nitrogen and oxygen atoms in total. The molecule has 3 heteroatoms. The number of allylic oxidation sites excluding steroid dienone is 6. The number of benzene rings is 5. The highest BCUT2D eigenvalue weighted by Crippen LogP contribution is 2.52. The van der Waals surface area contributed by atoms with Crippen LogP contribution in [-0.4, -0.2) is 11.3 Å². The molecule has 1 aromatic heterocycles. The van der Waals surface area contributed by atoms with Gasteiger partial charge in [-0.2, -0.15) is 0 Å². The van der Waals surface area contributed by atoms with Gasteiger partial charge in [-0.1, -0.05) is 141 Å². The van der Waals surface area contributed by atoms with E-state index in [0.717, 1.165) is 34.8 Å². The molecule has 0 saturated carbocycles. The van der Waals surface area contributed by atoms with Crippen molar-refractivity contribution in [3.05, 3.63) is 179 Å². The first-order chi connectivity index (χ1) is 24.0. The highest BCUT2D eigenvalue weighted by Gasteiger charge is 2.41. The molecule has 5 aromatic carbocycles. The van der Waals surface area contributed by atoms with Crippen LogP contribution in [0.15, 0.2) is 167 Å². The average Bonchev–Trinajstić information content (AvgIpc) is 3.39. The maximum Gasteiger partial charge on any atom is 0.133 e. The molecule has 1 unspecified atom stereocenters. The van der Waals surface area contributed by atoms with E-state index in [-0.39, 0.29) is 5.41 Å². The molecule has 0 spiro atoms. The van der Waals surface area contributed by atoms with Crippen LogP contribution in [-0.2, 0) is 11.0 Å². The zero-order chi connectivity index (χ0) is 32.7. The Bertz CT molecular complexity index is 2590. The number of pyridine rings is 1. The van der Waals surface area contributed by atoms with Gasteiger partial charge in [0.15, 0.2) is 0 Å². The number of aromatic nitrogens is 1. The van der Waals surface area contributed by atoms with Crippen molar-refractivity contribution in [2.24, 2.45) is 4.99 Å². The lowest BCUT2D eigenvalue weighted by Crippen LogP contribution is -2.35. The number of hydrogen-bond donors (Lipinski definition) is 1. The monoisotopic (exact) mass is 629 g/mol. The van der Waals surface area contributed by atoms with Gasteiger partial charge in [0, 0.05) is 38.4 Å². The Kier molecular flexibility index (Phi) is 5.96. The summed E-state index contributed by atoms with van der Waals surface area (Å²) in [7, 11) is 0. The van der Waals surface area contributed by atoms with Gasteiger partial charge in [-0.25, -0.2) is 4.98 Å². The fraction of sp³-hybridized carbons (Fsp3) is 0.130. The number of aliphatic imine (C=N–C) groups is 1. The van der Waals surface area contributed by atoms with Gasteiger partial charge in [0.2, 0.25) is 0 Å². The Morgan fingerprint density at radius 3 is 2.39 bits per heavy atom. The molecule has 234 valence electrons. The van der Waals surface area contributed by atoms with Crippen LogP contribution < -0.4 is 5.32 Å². The van der Waals surface area contributed by atoms with E-state index in [1.165, 1.54) is 66.4 Å². The van der Waals surface area contributed by atoms with E-state index in [0.29, 0.717) is 0 Å². The first kappa shape index (κ1) is 28.2. The van der Waals surface area contributed by atoms with Crippen molar-refractivity contribution in [1.29, 1.82) is 0 Å². The molecule has 1 N–H and O–H groups in total. The SMILES string of the molecule is CC1(C)C2=C(CCC(C3=C4C=CC=CC4(c4ccc(-c5c6ccccc6nc6c5ccc5ccccc56)cc4)N=CN3)=C2)c2ccccc21. The molecule has 2 heterocycles. The Labute approximate surface area is 286 Å². The molecule has 4 aliphatic rings. The van der Waals surface area contributed by atoms with Gasteiger partial charge in [-0.15, -0.1) is 0 Å². The summed E-state index contributed by atoms with van der Waals surface area (Å²) < 4.78 is 0. The molecular formula is C46H35N3. The average molecular weight is 630 g/mol. The van der Waals surface area contributed by atoms with Crippen LogP contribution in [0.1, 0.15) is 43.4 Å². The largest absolute Gasteiger partial charge is 0.346 e. The van der Waals surface area contributed by atoms with E-state index in [2.05, 4.69) is 159 Å². The van der Waals surface area contributed by atoms with Crippen molar-refractivity contribution in [3.63, 3.8) is 0 Å². The third-order valence-electron chi connectivity index (χ3n) is 11.3. The second-order valence-corrected chi connectivity index (χ2v) is 14.2.